The molecule has 0 radical (unpaired) electrons. The summed E-state index contributed by atoms with van der Waals surface area (Å²) < 4.78 is 0. The van der Waals surface area contributed by atoms with E-state index < -0.39 is 0 Å². The highest BCUT2D eigenvalue weighted by molar-refractivity contribution is 5.79. The fourth-order valence-electron chi connectivity index (χ4n) is 3.42. The molecule has 124 valence electrons. The second-order valence-electron chi connectivity index (χ2n) is 6.45. The fourth-order valence-corrected chi connectivity index (χ4v) is 3.42. The molecule has 2 fully saturated rings. The molecule has 1 aromatic heterocycles. The van der Waals surface area contributed by atoms with E-state index in [1.807, 2.05) is 0 Å². The summed E-state index contributed by atoms with van der Waals surface area (Å²) in [5, 5.41) is 6.26. The predicted molar refractivity (Wildman–Crippen MR) is 95.1 cm³/mol. The van der Waals surface area contributed by atoms with Gasteiger partial charge in [-0.1, -0.05) is 30.3 Å². The number of aromatic nitrogens is 1. The molecule has 1 atom stereocenters. The van der Waals surface area contributed by atoms with Crippen molar-refractivity contribution in [1.29, 1.82) is 0 Å². The van der Waals surface area contributed by atoms with E-state index in [9.17, 15) is 4.79 Å². The Balaban J connectivity index is 1.54. The van der Waals surface area contributed by atoms with E-state index in [2.05, 4.69) is 58.0 Å². The van der Waals surface area contributed by atoms with E-state index in [4.69, 9.17) is 4.98 Å². The van der Waals surface area contributed by atoms with Gasteiger partial charge in [0.2, 0.25) is 5.91 Å². The molecular weight excluding hydrogens is 300 g/mol. The van der Waals surface area contributed by atoms with Crippen molar-refractivity contribution in [3.8, 4) is 11.3 Å². The molecule has 1 unspecified atom stereocenters. The van der Waals surface area contributed by atoms with Gasteiger partial charge in [0.15, 0.2) is 0 Å². The van der Waals surface area contributed by atoms with Crippen molar-refractivity contribution in [1.82, 2.24) is 15.6 Å². The third-order valence-electron chi connectivity index (χ3n) is 4.83. The molecule has 1 amide bonds. The molecule has 2 N–H and O–H groups in total. The molecule has 4 rings (SSSR count). The van der Waals surface area contributed by atoms with E-state index >= 15 is 0 Å². The Morgan fingerprint density at radius 2 is 1.83 bits per heavy atom. The number of anilines is 1. The zero-order chi connectivity index (χ0) is 16.4. The van der Waals surface area contributed by atoms with Gasteiger partial charge in [0.05, 0.1) is 5.69 Å². The summed E-state index contributed by atoms with van der Waals surface area (Å²) in [5.41, 5.74) is 3.33. The largest absolute Gasteiger partial charge is 0.355 e. The van der Waals surface area contributed by atoms with Crippen LogP contribution < -0.4 is 15.5 Å². The van der Waals surface area contributed by atoms with Crippen LogP contribution in [0.2, 0.25) is 0 Å². The lowest BCUT2D eigenvalue weighted by atomic mass is 9.96. The zero-order valence-electron chi connectivity index (χ0n) is 13.7. The van der Waals surface area contributed by atoms with Crippen molar-refractivity contribution < 1.29 is 4.79 Å². The summed E-state index contributed by atoms with van der Waals surface area (Å²) in [6, 6.07) is 14.7. The third kappa shape index (κ3) is 3.12. The molecule has 2 saturated heterocycles. The normalized spacial score (nSPS) is 20.9. The van der Waals surface area contributed by atoms with Crippen LogP contribution in [0.3, 0.4) is 0 Å². The number of piperazine rings is 1. The van der Waals surface area contributed by atoms with Gasteiger partial charge in [0.25, 0.3) is 0 Å². The molecule has 2 aliphatic rings. The number of carbonyl (C=O) groups excluding carboxylic acids is 1. The van der Waals surface area contributed by atoms with Gasteiger partial charge in [-0.2, -0.15) is 0 Å². The van der Waals surface area contributed by atoms with Crippen LogP contribution in [0.4, 0.5) is 5.82 Å². The first kappa shape index (κ1) is 15.1. The smallest absolute Gasteiger partial charge is 0.220 e. The zero-order valence-corrected chi connectivity index (χ0v) is 13.7. The number of nitrogens with one attached hydrogen (secondary N) is 2. The highest BCUT2D eigenvalue weighted by atomic mass is 16.1. The highest BCUT2D eigenvalue weighted by Gasteiger charge is 2.22. The molecule has 0 bridgehead atoms. The maximum Gasteiger partial charge on any atom is 0.220 e. The van der Waals surface area contributed by atoms with Gasteiger partial charge in [-0.3, -0.25) is 4.79 Å². The minimum absolute atomic E-state index is 0.148. The Labute approximate surface area is 142 Å². The van der Waals surface area contributed by atoms with Gasteiger partial charge in [0.1, 0.15) is 5.82 Å². The van der Waals surface area contributed by atoms with E-state index in [-0.39, 0.29) is 5.91 Å². The van der Waals surface area contributed by atoms with Gasteiger partial charge in [-0.25, -0.2) is 4.98 Å². The summed E-state index contributed by atoms with van der Waals surface area (Å²) >= 11 is 0. The topological polar surface area (TPSA) is 57.3 Å². The van der Waals surface area contributed by atoms with Crippen molar-refractivity contribution in [3.05, 3.63) is 48.0 Å². The van der Waals surface area contributed by atoms with Crippen LogP contribution in [-0.4, -0.2) is 43.6 Å². The van der Waals surface area contributed by atoms with Crippen LogP contribution >= 0.6 is 0 Å². The van der Waals surface area contributed by atoms with Gasteiger partial charge < -0.3 is 15.5 Å². The molecule has 2 aliphatic heterocycles. The van der Waals surface area contributed by atoms with Gasteiger partial charge in [0, 0.05) is 50.6 Å². The molecule has 2 aromatic rings. The van der Waals surface area contributed by atoms with Crippen LogP contribution in [0.1, 0.15) is 17.9 Å². The monoisotopic (exact) mass is 322 g/mol. The Kier molecular flexibility index (Phi) is 4.17. The Morgan fingerprint density at radius 1 is 1.04 bits per heavy atom. The first-order chi connectivity index (χ1) is 11.8. The number of amides is 1. The van der Waals surface area contributed by atoms with Gasteiger partial charge in [-0.05, 0) is 17.7 Å². The van der Waals surface area contributed by atoms with E-state index in [0.29, 0.717) is 12.3 Å². The number of benzene rings is 1. The summed E-state index contributed by atoms with van der Waals surface area (Å²) in [7, 11) is 0. The van der Waals surface area contributed by atoms with Gasteiger partial charge in [-0.15, -0.1) is 0 Å². The Morgan fingerprint density at radius 3 is 2.54 bits per heavy atom. The van der Waals surface area contributed by atoms with E-state index in [0.717, 1.165) is 49.8 Å². The summed E-state index contributed by atoms with van der Waals surface area (Å²) in [5.74, 6) is 1.49. The Bertz CT molecular complexity index is 722. The van der Waals surface area contributed by atoms with Crippen molar-refractivity contribution >= 4 is 11.7 Å². The number of rotatable bonds is 3. The maximum atomic E-state index is 11.4. The molecule has 3 heterocycles. The fraction of sp³-hybridized carbons (Fsp3) is 0.368. The maximum absolute atomic E-state index is 11.4. The highest BCUT2D eigenvalue weighted by Crippen LogP contribution is 2.26. The number of pyridine rings is 1. The number of nitrogens with zero attached hydrogens (tertiary/aromatic N) is 2. The Hall–Kier alpha value is -2.40. The molecule has 0 spiro atoms. The second-order valence-corrected chi connectivity index (χ2v) is 6.45. The van der Waals surface area contributed by atoms with Crippen molar-refractivity contribution in [3.63, 3.8) is 0 Å². The summed E-state index contributed by atoms with van der Waals surface area (Å²) in [6.45, 7) is 4.76. The molecule has 0 aliphatic carbocycles. The predicted octanol–water partition coefficient (Wildman–Crippen LogP) is 1.76. The number of hydrogen-bond acceptors (Lipinski definition) is 4. The minimum Gasteiger partial charge on any atom is -0.355 e. The molecule has 5 nitrogen and oxygen atoms in total. The standard InChI is InChI=1S/C19H22N4O/c24-19-12-16(13-21-19)14-4-6-15(7-5-14)17-2-1-3-18(22-17)23-10-8-20-9-11-23/h1-7,16,20H,8-13H2,(H,21,24). The van der Waals surface area contributed by atoms with Crippen molar-refractivity contribution in [2.24, 2.45) is 0 Å². The SMILES string of the molecule is O=C1CC(c2ccc(-c3cccc(N4CCNCC4)n3)cc2)CN1. The first-order valence-electron chi connectivity index (χ1n) is 8.59. The number of hydrogen-bond donors (Lipinski definition) is 2. The van der Waals surface area contributed by atoms with Crippen LogP contribution in [0.15, 0.2) is 42.5 Å². The van der Waals surface area contributed by atoms with Crippen LogP contribution in [-0.2, 0) is 4.79 Å². The lowest BCUT2D eigenvalue weighted by Gasteiger charge is -2.28. The quantitative estimate of drug-likeness (QED) is 0.904. The van der Waals surface area contributed by atoms with Crippen LogP contribution in [0, 0.1) is 0 Å². The summed E-state index contributed by atoms with van der Waals surface area (Å²) in [6.07, 6.45) is 0.593. The molecule has 24 heavy (non-hydrogen) atoms. The minimum atomic E-state index is 0.148. The van der Waals surface area contributed by atoms with E-state index in [1.54, 1.807) is 0 Å². The number of carbonyl (C=O) groups is 1. The van der Waals surface area contributed by atoms with Crippen molar-refractivity contribution in [2.75, 3.05) is 37.6 Å². The average molecular weight is 322 g/mol. The molecule has 1 aromatic carbocycles. The third-order valence-corrected chi connectivity index (χ3v) is 4.83. The van der Waals surface area contributed by atoms with Crippen LogP contribution in [0.25, 0.3) is 11.3 Å². The van der Waals surface area contributed by atoms with E-state index in [1.165, 1.54) is 5.56 Å². The average Bonchev–Trinajstić information content (AvgIpc) is 3.09. The van der Waals surface area contributed by atoms with Crippen molar-refractivity contribution in [2.45, 2.75) is 12.3 Å². The summed E-state index contributed by atoms with van der Waals surface area (Å²) in [4.78, 5) is 18.5. The second kappa shape index (κ2) is 6.61. The lowest BCUT2D eigenvalue weighted by molar-refractivity contribution is -0.119. The molecule has 0 saturated carbocycles. The molecular formula is C19H22N4O. The van der Waals surface area contributed by atoms with Crippen LogP contribution in [0.5, 0.6) is 0 Å². The first-order valence-corrected chi connectivity index (χ1v) is 8.59. The lowest BCUT2D eigenvalue weighted by Crippen LogP contribution is -2.43. The molecule has 5 heteroatoms. The van der Waals surface area contributed by atoms with Gasteiger partial charge >= 0.3 is 0 Å².